The van der Waals surface area contributed by atoms with Gasteiger partial charge in [0.25, 0.3) is 0 Å². The van der Waals surface area contributed by atoms with Crippen molar-refractivity contribution < 1.29 is 31.2 Å². The third kappa shape index (κ3) is 13.9. The van der Waals surface area contributed by atoms with E-state index in [9.17, 15) is 0 Å². The van der Waals surface area contributed by atoms with Gasteiger partial charge in [-0.1, -0.05) is 160 Å². The first-order valence-electron chi connectivity index (χ1n) is 14.0. The molecule has 0 atom stereocenters. The van der Waals surface area contributed by atoms with E-state index in [4.69, 9.17) is 14.1 Å². The van der Waals surface area contributed by atoms with Crippen LogP contribution in [0.25, 0.3) is 0 Å². The maximum Gasteiger partial charge on any atom is 0 e. The van der Waals surface area contributed by atoms with E-state index in [0.717, 1.165) is 0 Å². The van der Waals surface area contributed by atoms with Gasteiger partial charge < -0.3 is 4.79 Å². The largest absolute Gasteiger partial charge is 0.0746 e. The molecule has 0 aliphatic rings. The van der Waals surface area contributed by atoms with Crippen molar-refractivity contribution in [3.8, 4) is 0 Å². The van der Waals surface area contributed by atoms with Gasteiger partial charge in [-0.3, -0.25) is 6.29 Å². The third-order valence-electron chi connectivity index (χ3n) is 6.58. The summed E-state index contributed by atoms with van der Waals surface area (Å²) < 4.78 is 15.0. The Morgan fingerprint density at radius 1 is 0.444 bits per heavy atom. The van der Waals surface area contributed by atoms with E-state index in [2.05, 4.69) is 165 Å². The Hall–Kier alpha value is -2.94. The van der Waals surface area contributed by atoms with Gasteiger partial charge >= 0.3 is 22.6 Å². The van der Waals surface area contributed by atoms with Crippen LogP contribution in [0.2, 0.25) is 0 Å². The first-order valence-corrected chi connectivity index (χ1v) is 18.8. The number of hydrogen-bond acceptors (Lipinski definition) is 1. The Bertz CT molecular complexity index is 1300. The molecule has 1 radical (unpaired) electrons. The van der Waals surface area contributed by atoms with Gasteiger partial charge in [-0.15, -0.1) is 0 Å². The zero-order chi connectivity index (χ0) is 31.8. The smallest absolute Gasteiger partial charge is 0 e. The fraction of sp³-hybridized carbons (Fsp3) is 0.132. The molecule has 0 aliphatic carbocycles. The number of carbonyl (C=O) groups excluding carboxylic acids is 1. The zero-order valence-electron chi connectivity index (χ0n) is 25.2. The van der Waals surface area contributed by atoms with Crippen LogP contribution in [0.1, 0.15) is 6.92 Å². The van der Waals surface area contributed by atoms with Crippen molar-refractivity contribution in [2.24, 2.45) is 0 Å². The average molecular weight is 689 g/mol. The predicted octanol–water partition coefficient (Wildman–Crippen LogP) is 7.10. The summed E-state index contributed by atoms with van der Waals surface area (Å²) >= 11 is 0. The van der Waals surface area contributed by atoms with Crippen LogP contribution < -0.4 is 26.5 Å². The summed E-state index contributed by atoms with van der Waals surface area (Å²) in [5.41, 5.74) is 0. The van der Waals surface area contributed by atoms with Gasteiger partial charge in [0.1, 0.15) is 0 Å². The molecule has 0 spiro atoms. The van der Waals surface area contributed by atoms with E-state index in [1.54, 1.807) is 5.30 Å². The summed E-state index contributed by atoms with van der Waals surface area (Å²) in [5, 5.41) is 7.50. The Morgan fingerprint density at radius 2 is 0.644 bits per heavy atom. The van der Waals surface area contributed by atoms with Gasteiger partial charge in [-0.2, -0.15) is 6.92 Å². The molecule has 229 valence electrons. The molecule has 7 heteroatoms. The molecule has 0 amide bonds. The summed E-state index contributed by atoms with van der Waals surface area (Å²) in [7, 11) is -0.982. The van der Waals surface area contributed by atoms with E-state index >= 15 is 0 Å². The van der Waals surface area contributed by atoms with Gasteiger partial charge in [0.15, 0.2) is 0 Å². The second-order valence-corrected chi connectivity index (χ2v) is 16.3. The Balaban J connectivity index is 0.00000117. The molecule has 0 saturated heterocycles. The molecule has 0 heterocycles. The summed E-state index contributed by atoms with van der Waals surface area (Å²) in [5.74, 6) is 0. The summed E-state index contributed by atoms with van der Waals surface area (Å²) in [6, 6.07) is 56.0. The Morgan fingerprint density at radius 3 is 0.867 bits per heavy atom. The van der Waals surface area contributed by atoms with Crippen molar-refractivity contribution in [1.82, 2.24) is 0 Å². The number of rotatable bonds is 11. The Labute approximate surface area is 283 Å². The van der Waals surface area contributed by atoms with E-state index in [1.807, 2.05) is 0 Å². The van der Waals surface area contributed by atoms with Crippen molar-refractivity contribution in [3.05, 3.63) is 165 Å². The molecule has 5 aromatic rings. The fourth-order valence-corrected chi connectivity index (χ4v) is 13.3. The third-order valence-corrected chi connectivity index (χ3v) is 14.9. The number of hydrogen-bond donors (Lipinski definition) is 0. The van der Waals surface area contributed by atoms with Gasteiger partial charge in [0, 0.05) is 17.1 Å². The summed E-state index contributed by atoms with van der Waals surface area (Å²) in [4.78, 5) is 8.68. The molecule has 0 N–H and O–H groups in total. The summed E-state index contributed by atoms with van der Waals surface area (Å²) in [6.07, 6.45) is 6.50. The maximum absolute atomic E-state index is 8.68. The molecule has 0 aromatic heterocycles. The molecular weight excluding hydrogens is 652 g/mol. The van der Waals surface area contributed by atoms with Crippen LogP contribution >= 0.6 is 23.8 Å². The molecule has 0 saturated carbocycles. The van der Waals surface area contributed by atoms with Crippen molar-refractivity contribution >= 4 is 56.6 Å². The van der Waals surface area contributed by atoms with Crippen molar-refractivity contribution in [3.63, 3.8) is 0 Å². The minimum absolute atomic E-state index is 0. The van der Waals surface area contributed by atoms with E-state index in [0.29, 0.717) is 0 Å². The van der Waals surface area contributed by atoms with Crippen LogP contribution in [-0.4, -0.2) is 30.9 Å². The molecular formula is C38H36MnO3P3-. The Kier molecular flexibility index (Phi) is 22.5. The molecule has 3 nitrogen and oxygen atoms in total. The topological polar surface area (TPSA) is 56.9 Å². The maximum atomic E-state index is 8.68. The second-order valence-electron chi connectivity index (χ2n) is 9.17. The zero-order valence-corrected chi connectivity index (χ0v) is 29.1. The molecule has 5 aromatic carbocycles. The quantitative estimate of drug-likeness (QED) is 0.0633. The van der Waals surface area contributed by atoms with Crippen LogP contribution in [0.5, 0.6) is 0 Å². The molecule has 0 bridgehead atoms. The minimum Gasteiger partial charge on any atom is -0.0746 e. The number of benzene rings is 5. The monoisotopic (exact) mass is 688 g/mol. The normalized spacial score (nSPS) is 9.69. The van der Waals surface area contributed by atoms with E-state index in [1.165, 1.54) is 59.1 Å². The second kappa shape index (κ2) is 25.3. The van der Waals surface area contributed by atoms with E-state index < -0.39 is 0 Å². The van der Waals surface area contributed by atoms with Crippen LogP contribution in [0, 0.1) is 13.3 Å². The predicted molar refractivity (Wildman–Crippen MR) is 190 cm³/mol. The van der Waals surface area contributed by atoms with Crippen LogP contribution in [0.4, 0.5) is 0 Å². The fourth-order valence-electron chi connectivity index (χ4n) is 4.70. The molecule has 0 unspecified atom stereocenters. The molecule has 0 aliphatic heterocycles. The minimum atomic E-state index is -0.366. The van der Waals surface area contributed by atoms with Crippen molar-refractivity contribution in [2.75, 3.05) is 24.6 Å². The first kappa shape index (κ1) is 40.1. The van der Waals surface area contributed by atoms with Crippen molar-refractivity contribution in [1.29, 1.82) is 0 Å². The van der Waals surface area contributed by atoms with Gasteiger partial charge in [-0.25, -0.2) is 0 Å². The SMILES string of the molecule is C[C-]=O.[C-]#[O+].[C-]#[O+].[Mn].c1ccc(P(CCP(c2ccccc2)c2ccccc2)CCP(c2ccccc2)c2ccccc2)cc1. The molecule has 0 fully saturated rings. The van der Waals surface area contributed by atoms with Gasteiger partial charge in [0.05, 0.1) is 0 Å². The van der Waals surface area contributed by atoms with Crippen LogP contribution in [-0.2, 0) is 31.2 Å². The van der Waals surface area contributed by atoms with Gasteiger partial charge in [0.2, 0.25) is 0 Å². The molecule has 45 heavy (non-hydrogen) atoms. The van der Waals surface area contributed by atoms with Crippen molar-refractivity contribution in [2.45, 2.75) is 6.92 Å². The molecule has 5 rings (SSSR count). The first-order chi connectivity index (χ1) is 21.8. The average Bonchev–Trinajstić information content (AvgIpc) is 3.12. The summed E-state index contributed by atoms with van der Waals surface area (Å²) in [6.45, 7) is 10.3. The van der Waals surface area contributed by atoms with Crippen LogP contribution in [0.3, 0.4) is 0 Å². The standard InChI is InChI=1S/C34H33P3.C2H3O.2CO.Mn/c1-6-16-30(17-7-1)35(26-28-36(31-18-8-2-9-19-31)32-20-10-3-11-21-32)27-29-37(33-22-12-4-13-23-33)34-24-14-5-15-25-34;1-2-3;2*1-2;/h1-25H,26-29H2;1H3;;;/q;-1;;;. The van der Waals surface area contributed by atoms with Gasteiger partial charge in [-0.05, 0) is 67.0 Å². The van der Waals surface area contributed by atoms with Crippen LogP contribution in [0.15, 0.2) is 152 Å². The van der Waals surface area contributed by atoms with E-state index in [-0.39, 0.29) is 40.8 Å².